The molecule has 1 aromatic heterocycles. The van der Waals surface area contributed by atoms with Gasteiger partial charge in [-0.15, -0.1) is 0 Å². The van der Waals surface area contributed by atoms with E-state index in [0.717, 1.165) is 38.0 Å². The first-order chi connectivity index (χ1) is 9.79. The first kappa shape index (κ1) is 16.7. The van der Waals surface area contributed by atoms with Gasteiger partial charge in [0.15, 0.2) is 0 Å². The molecule has 3 nitrogen and oxygen atoms in total. The lowest BCUT2D eigenvalue weighted by molar-refractivity contribution is 0.160. The first-order valence-electron chi connectivity index (χ1n) is 7.74. The summed E-state index contributed by atoms with van der Waals surface area (Å²) < 4.78 is 7.37. The van der Waals surface area contributed by atoms with Crippen LogP contribution in [0.25, 0.3) is 5.70 Å². The van der Waals surface area contributed by atoms with Gasteiger partial charge in [0.1, 0.15) is 0 Å². The lowest BCUT2D eigenvalue weighted by Gasteiger charge is -2.11. The van der Waals surface area contributed by atoms with Gasteiger partial charge >= 0.3 is 0 Å². The van der Waals surface area contributed by atoms with Crippen LogP contribution in [0.3, 0.4) is 0 Å². The standard InChI is InChI=1S/C17H27NO2/c1-3-5-7-8-11-16(15-20-14-6-4-2)18-13-10-9-12-17(18)19/h9-13H,3-8,14-15H2,1-2H3/b16-11-. The molecule has 0 spiro atoms. The van der Waals surface area contributed by atoms with Gasteiger partial charge in [0.05, 0.1) is 6.61 Å². The van der Waals surface area contributed by atoms with Crippen LogP contribution in [0.1, 0.15) is 52.4 Å². The van der Waals surface area contributed by atoms with E-state index in [1.54, 1.807) is 16.7 Å². The minimum atomic E-state index is 0.00772. The fraction of sp³-hybridized carbons (Fsp3) is 0.588. The Morgan fingerprint density at radius 1 is 1.20 bits per heavy atom. The van der Waals surface area contributed by atoms with Crippen molar-refractivity contribution in [3.63, 3.8) is 0 Å². The Balaban J connectivity index is 2.68. The number of allylic oxidation sites excluding steroid dienone is 1. The maximum atomic E-state index is 11.9. The van der Waals surface area contributed by atoms with E-state index in [0.29, 0.717) is 6.61 Å². The monoisotopic (exact) mass is 277 g/mol. The van der Waals surface area contributed by atoms with E-state index < -0.39 is 0 Å². The summed E-state index contributed by atoms with van der Waals surface area (Å²) in [6.07, 6.45) is 10.7. The molecule has 1 aromatic rings. The van der Waals surface area contributed by atoms with Crippen molar-refractivity contribution in [1.29, 1.82) is 0 Å². The third-order valence-corrected chi connectivity index (χ3v) is 3.21. The van der Waals surface area contributed by atoms with Crippen molar-refractivity contribution in [2.24, 2.45) is 0 Å². The minimum Gasteiger partial charge on any atom is -0.375 e. The smallest absolute Gasteiger partial charge is 0.254 e. The highest BCUT2D eigenvalue weighted by Crippen LogP contribution is 2.08. The van der Waals surface area contributed by atoms with E-state index in [4.69, 9.17) is 4.74 Å². The highest BCUT2D eigenvalue weighted by atomic mass is 16.5. The summed E-state index contributed by atoms with van der Waals surface area (Å²) in [6, 6.07) is 5.24. The van der Waals surface area contributed by atoms with Crippen LogP contribution in [-0.4, -0.2) is 17.8 Å². The first-order valence-corrected chi connectivity index (χ1v) is 7.74. The van der Waals surface area contributed by atoms with Crippen LogP contribution in [0.4, 0.5) is 0 Å². The molecule has 0 saturated heterocycles. The topological polar surface area (TPSA) is 31.2 Å². The van der Waals surface area contributed by atoms with Crippen LogP contribution in [0.2, 0.25) is 0 Å². The largest absolute Gasteiger partial charge is 0.375 e. The predicted molar refractivity (Wildman–Crippen MR) is 84.8 cm³/mol. The molecule has 0 radical (unpaired) electrons. The van der Waals surface area contributed by atoms with Gasteiger partial charge < -0.3 is 4.74 Å². The molecule has 3 heteroatoms. The van der Waals surface area contributed by atoms with E-state index in [9.17, 15) is 4.79 Å². The SMILES string of the molecule is CCCCC/C=C(/COCCCC)n1ccccc1=O. The number of pyridine rings is 1. The quantitative estimate of drug-likeness (QED) is 0.603. The van der Waals surface area contributed by atoms with Crippen molar-refractivity contribution in [1.82, 2.24) is 4.57 Å². The molecule has 0 aliphatic carbocycles. The fourth-order valence-electron chi connectivity index (χ4n) is 1.98. The van der Waals surface area contributed by atoms with Crippen molar-refractivity contribution in [2.75, 3.05) is 13.2 Å². The Morgan fingerprint density at radius 2 is 2.00 bits per heavy atom. The summed E-state index contributed by atoms with van der Waals surface area (Å²) in [5, 5.41) is 0. The molecule has 1 heterocycles. The second-order valence-corrected chi connectivity index (χ2v) is 5.01. The van der Waals surface area contributed by atoms with Crippen LogP contribution in [0, 0.1) is 0 Å². The van der Waals surface area contributed by atoms with Gasteiger partial charge in [-0.2, -0.15) is 0 Å². The van der Waals surface area contributed by atoms with Crippen LogP contribution < -0.4 is 5.56 Å². The average Bonchev–Trinajstić information content (AvgIpc) is 2.46. The molecule has 0 aliphatic rings. The summed E-state index contributed by atoms with van der Waals surface area (Å²) in [5.74, 6) is 0. The Morgan fingerprint density at radius 3 is 2.70 bits per heavy atom. The molecule has 20 heavy (non-hydrogen) atoms. The predicted octanol–water partition coefficient (Wildman–Crippen LogP) is 4.09. The lowest BCUT2D eigenvalue weighted by Crippen LogP contribution is -2.19. The van der Waals surface area contributed by atoms with E-state index >= 15 is 0 Å². The summed E-state index contributed by atoms with van der Waals surface area (Å²) in [7, 11) is 0. The van der Waals surface area contributed by atoms with Crippen molar-refractivity contribution < 1.29 is 4.74 Å². The van der Waals surface area contributed by atoms with Crippen molar-refractivity contribution in [3.8, 4) is 0 Å². The molecule has 1 rings (SSSR count). The molecule has 0 unspecified atom stereocenters. The molecule has 112 valence electrons. The van der Waals surface area contributed by atoms with E-state index in [1.165, 1.54) is 12.8 Å². The number of ether oxygens (including phenoxy) is 1. The Labute approximate surface area is 122 Å². The van der Waals surface area contributed by atoms with Gasteiger partial charge in [0, 0.05) is 24.6 Å². The zero-order chi connectivity index (χ0) is 14.6. The summed E-state index contributed by atoms with van der Waals surface area (Å²) in [5.41, 5.74) is 0.969. The van der Waals surface area contributed by atoms with Gasteiger partial charge in [0.25, 0.3) is 5.56 Å². The van der Waals surface area contributed by atoms with Gasteiger partial charge in [-0.1, -0.05) is 45.3 Å². The van der Waals surface area contributed by atoms with Crippen molar-refractivity contribution >= 4 is 5.70 Å². The molecular formula is C17H27NO2. The third kappa shape index (κ3) is 6.20. The number of aromatic nitrogens is 1. The van der Waals surface area contributed by atoms with Gasteiger partial charge in [-0.05, 0) is 25.3 Å². The van der Waals surface area contributed by atoms with Crippen LogP contribution in [0.5, 0.6) is 0 Å². The van der Waals surface area contributed by atoms with Crippen LogP contribution in [-0.2, 0) is 4.74 Å². The van der Waals surface area contributed by atoms with Gasteiger partial charge in [-0.3, -0.25) is 9.36 Å². The lowest BCUT2D eigenvalue weighted by atomic mass is 10.2. The molecular weight excluding hydrogens is 250 g/mol. The van der Waals surface area contributed by atoms with E-state index in [2.05, 4.69) is 19.9 Å². The number of unbranched alkanes of at least 4 members (excludes halogenated alkanes) is 4. The van der Waals surface area contributed by atoms with Gasteiger partial charge in [-0.25, -0.2) is 0 Å². The number of hydrogen-bond acceptors (Lipinski definition) is 2. The molecule has 0 fully saturated rings. The zero-order valence-electron chi connectivity index (χ0n) is 12.8. The maximum absolute atomic E-state index is 11.9. The number of nitrogens with zero attached hydrogens (tertiary/aromatic N) is 1. The summed E-state index contributed by atoms with van der Waals surface area (Å²) >= 11 is 0. The fourth-order valence-corrected chi connectivity index (χ4v) is 1.98. The van der Waals surface area contributed by atoms with E-state index in [1.807, 2.05) is 12.3 Å². The number of rotatable bonds is 10. The third-order valence-electron chi connectivity index (χ3n) is 3.21. The average molecular weight is 277 g/mol. The van der Waals surface area contributed by atoms with Crippen LogP contribution >= 0.6 is 0 Å². The van der Waals surface area contributed by atoms with Crippen molar-refractivity contribution in [2.45, 2.75) is 52.4 Å². The number of hydrogen-bond donors (Lipinski definition) is 0. The Kier molecular flexibility index (Phi) is 8.72. The second-order valence-electron chi connectivity index (χ2n) is 5.01. The zero-order valence-corrected chi connectivity index (χ0v) is 12.8. The van der Waals surface area contributed by atoms with Crippen molar-refractivity contribution in [3.05, 3.63) is 40.8 Å². The highest BCUT2D eigenvalue weighted by Gasteiger charge is 2.02. The highest BCUT2D eigenvalue weighted by molar-refractivity contribution is 5.45. The Hall–Kier alpha value is -1.35. The molecule has 0 saturated carbocycles. The van der Waals surface area contributed by atoms with E-state index in [-0.39, 0.29) is 5.56 Å². The molecule has 0 amide bonds. The summed E-state index contributed by atoms with van der Waals surface area (Å²) in [6.45, 7) is 5.60. The maximum Gasteiger partial charge on any atom is 0.254 e. The van der Waals surface area contributed by atoms with Gasteiger partial charge in [0.2, 0.25) is 0 Å². The minimum absolute atomic E-state index is 0.00772. The second kappa shape index (κ2) is 10.4. The Bertz CT molecular complexity index is 448. The summed E-state index contributed by atoms with van der Waals surface area (Å²) in [4.78, 5) is 11.9. The molecule has 0 N–H and O–H groups in total. The molecule has 0 aliphatic heterocycles. The normalized spacial score (nSPS) is 11.8. The molecule has 0 bridgehead atoms. The molecule has 0 atom stereocenters. The van der Waals surface area contributed by atoms with Crippen LogP contribution in [0.15, 0.2) is 35.3 Å². The molecule has 0 aromatic carbocycles.